The van der Waals surface area contributed by atoms with E-state index in [1.54, 1.807) is 12.4 Å². The van der Waals surface area contributed by atoms with Gasteiger partial charge < -0.3 is 5.73 Å². The average Bonchev–Trinajstić information content (AvgIpc) is 2.39. The van der Waals surface area contributed by atoms with Gasteiger partial charge in [-0.15, -0.1) is 0 Å². The lowest BCUT2D eigenvalue weighted by Crippen LogP contribution is -1.96. The number of nitrogens with zero attached hydrogens (tertiary/aromatic N) is 3. The number of pyridine rings is 1. The molecule has 0 fully saturated rings. The van der Waals surface area contributed by atoms with Crippen molar-refractivity contribution in [3.63, 3.8) is 0 Å². The van der Waals surface area contributed by atoms with Crippen molar-refractivity contribution < 1.29 is 0 Å². The molecule has 3 rings (SSSR count). The van der Waals surface area contributed by atoms with Crippen LogP contribution in [0.15, 0.2) is 47.2 Å². The number of fused-ring (bicyclic) bond motifs is 1. The molecular formula is C13H9BrN4. The van der Waals surface area contributed by atoms with Crippen molar-refractivity contribution in [1.29, 1.82) is 0 Å². The minimum atomic E-state index is 0.422. The molecule has 0 saturated heterocycles. The molecule has 0 aliphatic carbocycles. The molecule has 1 aromatic carbocycles. The van der Waals surface area contributed by atoms with Gasteiger partial charge in [-0.05, 0) is 18.2 Å². The molecule has 0 bridgehead atoms. The molecule has 2 heterocycles. The Morgan fingerprint density at radius 1 is 1.11 bits per heavy atom. The SMILES string of the molecule is Nc1nccc2cnc(-c3cccc(Br)c3)nc12. The Hall–Kier alpha value is -2.01. The first kappa shape index (κ1) is 11.1. The molecule has 0 aliphatic rings. The lowest BCUT2D eigenvalue weighted by atomic mass is 10.2. The van der Waals surface area contributed by atoms with Crippen LogP contribution in [0.1, 0.15) is 0 Å². The first-order valence-corrected chi connectivity index (χ1v) is 6.16. The van der Waals surface area contributed by atoms with Crippen molar-refractivity contribution in [2.24, 2.45) is 0 Å². The number of nitrogens with two attached hydrogens (primary N) is 1. The van der Waals surface area contributed by atoms with Gasteiger partial charge in [-0.2, -0.15) is 0 Å². The monoisotopic (exact) mass is 300 g/mol. The summed E-state index contributed by atoms with van der Waals surface area (Å²) in [6.07, 6.45) is 3.41. The number of aromatic nitrogens is 3. The van der Waals surface area contributed by atoms with Gasteiger partial charge >= 0.3 is 0 Å². The normalized spacial score (nSPS) is 10.7. The maximum absolute atomic E-state index is 5.82. The molecule has 0 atom stereocenters. The van der Waals surface area contributed by atoms with E-state index in [1.807, 2.05) is 30.3 Å². The van der Waals surface area contributed by atoms with E-state index in [-0.39, 0.29) is 0 Å². The van der Waals surface area contributed by atoms with Crippen LogP contribution in [-0.2, 0) is 0 Å². The fourth-order valence-corrected chi connectivity index (χ4v) is 2.14. The lowest BCUT2D eigenvalue weighted by molar-refractivity contribution is 1.21. The quantitative estimate of drug-likeness (QED) is 0.750. The third-order valence-electron chi connectivity index (χ3n) is 2.61. The Kier molecular flexibility index (Phi) is 2.68. The van der Waals surface area contributed by atoms with Crippen molar-refractivity contribution >= 4 is 32.7 Å². The molecule has 2 N–H and O–H groups in total. The van der Waals surface area contributed by atoms with Gasteiger partial charge in [0.1, 0.15) is 11.3 Å². The van der Waals surface area contributed by atoms with E-state index in [0.29, 0.717) is 17.2 Å². The predicted octanol–water partition coefficient (Wildman–Crippen LogP) is 3.04. The van der Waals surface area contributed by atoms with Crippen molar-refractivity contribution in [2.75, 3.05) is 5.73 Å². The van der Waals surface area contributed by atoms with E-state index < -0.39 is 0 Å². The second-order valence-corrected chi connectivity index (χ2v) is 4.75. The van der Waals surface area contributed by atoms with Crippen molar-refractivity contribution in [2.45, 2.75) is 0 Å². The summed E-state index contributed by atoms with van der Waals surface area (Å²) in [5.74, 6) is 1.06. The summed E-state index contributed by atoms with van der Waals surface area (Å²) in [6, 6.07) is 9.67. The molecule has 0 radical (unpaired) electrons. The highest BCUT2D eigenvalue weighted by molar-refractivity contribution is 9.10. The molecular weight excluding hydrogens is 292 g/mol. The van der Waals surface area contributed by atoms with Gasteiger partial charge in [0.25, 0.3) is 0 Å². The van der Waals surface area contributed by atoms with E-state index in [1.165, 1.54) is 0 Å². The molecule has 3 aromatic rings. The molecule has 4 nitrogen and oxygen atoms in total. The number of hydrogen-bond donors (Lipinski definition) is 1. The van der Waals surface area contributed by atoms with Gasteiger partial charge in [-0.25, -0.2) is 15.0 Å². The lowest BCUT2D eigenvalue weighted by Gasteiger charge is -2.04. The summed E-state index contributed by atoms with van der Waals surface area (Å²) < 4.78 is 0.989. The van der Waals surface area contributed by atoms with Gasteiger partial charge in [0.15, 0.2) is 5.82 Å². The maximum Gasteiger partial charge on any atom is 0.159 e. The highest BCUT2D eigenvalue weighted by atomic mass is 79.9. The van der Waals surface area contributed by atoms with Crippen molar-refractivity contribution in [3.05, 3.63) is 47.2 Å². The molecule has 0 amide bonds. The molecule has 0 aliphatic heterocycles. The molecule has 88 valence electrons. The van der Waals surface area contributed by atoms with Crippen LogP contribution in [-0.4, -0.2) is 15.0 Å². The Labute approximate surface area is 112 Å². The van der Waals surface area contributed by atoms with Crippen LogP contribution in [0.3, 0.4) is 0 Å². The van der Waals surface area contributed by atoms with Crippen LogP contribution in [0.2, 0.25) is 0 Å². The van der Waals surface area contributed by atoms with Gasteiger partial charge in [0.05, 0.1) is 0 Å². The van der Waals surface area contributed by atoms with Crippen LogP contribution in [0.5, 0.6) is 0 Å². The molecule has 0 unspecified atom stereocenters. The summed E-state index contributed by atoms with van der Waals surface area (Å²) in [6.45, 7) is 0. The van der Waals surface area contributed by atoms with Crippen LogP contribution in [0.4, 0.5) is 5.82 Å². The number of halogens is 1. The van der Waals surface area contributed by atoms with E-state index in [0.717, 1.165) is 15.4 Å². The van der Waals surface area contributed by atoms with E-state index in [4.69, 9.17) is 5.73 Å². The number of benzene rings is 1. The van der Waals surface area contributed by atoms with Crippen LogP contribution in [0, 0.1) is 0 Å². The van der Waals surface area contributed by atoms with Crippen molar-refractivity contribution in [3.8, 4) is 11.4 Å². The summed E-state index contributed by atoms with van der Waals surface area (Å²) in [7, 11) is 0. The highest BCUT2D eigenvalue weighted by Gasteiger charge is 2.06. The fourth-order valence-electron chi connectivity index (χ4n) is 1.74. The average molecular weight is 301 g/mol. The first-order chi connectivity index (χ1) is 8.74. The summed E-state index contributed by atoms with van der Waals surface area (Å²) in [4.78, 5) is 12.8. The Bertz CT molecular complexity index is 727. The fraction of sp³-hybridized carbons (Fsp3) is 0. The van der Waals surface area contributed by atoms with Crippen LogP contribution >= 0.6 is 15.9 Å². The Morgan fingerprint density at radius 2 is 2.00 bits per heavy atom. The summed E-state index contributed by atoms with van der Waals surface area (Å²) >= 11 is 3.43. The highest BCUT2D eigenvalue weighted by Crippen LogP contribution is 2.23. The van der Waals surface area contributed by atoms with E-state index in [2.05, 4.69) is 30.9 Å². The molecule has 0 saturated carbocycles. The Balaban J connectivity index is 2.22. The number of hydrogen-bond acceptors (Lipinski definition) is 4. The van der Waals surface area contributed by atoms with Gasteiger partial charge in [-0.3, -0.25) is 0 Å². The Morgan fingerprint density at radius 3 is 2.83 bits per heavy atom. The van der Waals surface area contributed by atoms with E-state index >= 15 is 0 Å². The molecule has 18 heavy (non-hydrogen) atoms. The second kappa shape index (κ2) is 4.34. The predicted molar refractivity (Wildman–Crippen MR) is 74.9 cm³/mol. The number of nitrogen functional groups attached to an aromatic ring is 1. The topological polar surface area (TPSA) is 64.7 Å². The maximum atomic E-state index is 5.82. The zero-order valence-electron chi connectivity index (χ0n) is 9.34. The van der Waals surface area contributed by atoms with Gasteiger partial charge in [0, 0.05) is 27.8 Å². The summed E-state index contributed by atoms with van der Waals surface area (Å²) in [5.41, 5.74) is 7.44. The van der Waals surface area contributed by atoms with Crippen molar-refractivity contribution in [1.82, 2.24) is 15.0 Å². The second-order valence-electron chi connectivity index (χ2n) is 3.84. The third kappa shape index (κ3) is 1.93. The summed E-state index contributed by atoms with van der Waals surface area (Å²) in [5, 5.41) is 0.890. The van der Waals surface area contributed by atoms with Crippen LogP contribution < -0.4 is 5.73 Å². The minimum Gasteiger partial charge on any atom is -0.382 e. The number of rotatable bonds is 1. The molecule has 5 heteroatoms. The van der Waals surface area contributed by atoms with E-state index in [9.17, 15) is 0 Å². The standard InChI is InChI=1S/C13H9BrN4/c14-10-3-1-2-8(6-10)13-17-7-9-4-5-16-12(15)11(9)18-13/h1-7H,(H2,15,16). The molecule has 0 spiro atoms. The van der Waals surface area contributed by atoms with Gasteiger partial charge in [0.2, 0.25) is 0 Å². The zero-order chi connectivity index (χ0) is 12.5. The minimum absolute atomic E-state index is 0.422. The third-order valence-corrected chi connectivity index (χ3v) is 3.10. The largest absolute Gasteiger partial charge is 0.382 e. The molecule has 2 aromatic heterocycles. The zero-order valence-corrected chi connectivity index (χ0v) is 10.9. The first-order valence-electron chi connectivity index (χ1n) is 5.37. The van der Waals surface area contributed by atoms with Gasteiger partial charge in [-0.1, -0.05) is 28.1 Å². The smallest absolute Gasteiger partial charge is 0.159 e. The number of anilines is 1. The van der Waals surface area contributed by atoms with Crippen LogP contribution in [0.25, 0.3) is 22.3 Å².